The number of aliphatic hydroxyl groups is 1. The lowest BCUT2D eigenvalue weighted by Crippen LogP contribution is -2.31. The maximum absolute atomic E-state index is 10.0. The average Bonchev–Trinajstić information content (AvgIpc) is 2.90. The van der Waals surface area contributed by atoms with Crippen LogP contribution in [0.15, 0.2) is 28.8 Å². The van der Waals surface area contributed by atoms with E-state index >= 15 is 0 Å². The fourth-order valence-electron chi connectivity index (χ4n) is 2.44. The molecule has 3 rings (SSSR count). The third kappa shape index (κ3) is 2.33. The molecule has 1 aliphatic heterocycles. The molecule has 1 aliphatic rings. The molecule has 2 heterocycles. The van der Waals surface area contributed by atoms with Crippen LogP contribution in [0.4, 0.5) is 5.69 Å². The fraction of sp³-hybridized carbons (Fsp3) is 0.429. The maximum atomic E-state index is 10.0. The summed E-state index contributed by atoms with van der Waals surface area (Å²) in [5.74, 6) is 1.36. The van der Waals surface area contributed by atoms with Crippen LogP contribution in [0.25, 0.3) is 0 Å². The number of rotatable bonds is 3. The fourth-order valence-corrected chi connectivity index (χ4v) is 2.44. The van der Waals surface area contributed by atoms with Crippen molar-refractivity contribution in [3.63, 3.8) is 0 Å². The lowest BCUT2D eigenvalue weighted by molar-refractivity contribution is 0.164. The second kappa shape index (κ2) is 5.01. The number of aliphatic hydroxyl groups excluding tert-OH is 1. The zero-order valence-electron chi connectivity index (χ0n) is 10.9. The summed E-state index contributed by atoms with van der Waals surface area (Å²) in [6.07, 6.45) is 1.11. The number of hydrogen-bond acceptors (Lipinski definition) is 5. The van der Waals surface area contributed by atoms with Gasteiger partial charge in [-0.1, -0.05) is 30.3 Å². The Bertz CT molecular complexity index is 567. The number of benzene rings is 1. The molecule has 1 atom stereocenters. The van der Waals surface area contributed by atoms with Crippen LogP contribution in [0.1, 0.15) is 36.7 Å². The summed E-state index contributed by atoms with van der Waals surface area (Å²) in [5.41, 5.74) is 2.04. The van der Waals surface area contributed by atoms with E-state index in [1.54, 1.807) is 0 Å². The van der Waals surface area contributed by atoms with Gasteiger partial charge in [-0.2, -0.15) is 4.98 Å². The van der Waals surface area contributed by atoms with Crippen molar-refractivity contribution >= 4 is 5.69 Å². The van der Waals surface area contributed by atoms with E-state index < -0.39 is 0 Å². The van der Waals surface area contributed by atoms with Crippen LogP contribution in [-0.4, -0.2) is 21.8 Å². The van der Waals surface area contributed by atoms with Crippen molar-refractivity contribution in [2.45, 2.75) is 32.4 Å². The third-order valence-corrected chi connectivity index (χ3v) is 3.45. The summed E-state index contributed by atoms with van der Waals surface area (Å²) < 4.78 is 5.13. The molecule has 0 spiro atoms. The van der Waals surface area contributed by atoms with E-state index in [2.05, 4.69) is 15.0 Å². The predicted octanol–water partition coefficient (Wildman–Crippen LogP) is 2.08. The largest absolute Gasteiger partial charge is 0.388 e. The van der Waals surface area contributed by atoms with Crippen LogP contribution in [0.3, 0.4) is 0 Å². The number of nitrogens with zero attached hydrogens (tertiary/aromatic N) is 3. The second-order valence-corrected chi connectivity index (χ2v) is 4.74. The van der Waals surface area contributed by atoms with Crippen LogP contribution in [0.5, 0.6) is 0 Å². The van der Waals surface area contributed by atoms with E-state index in [1.165, 1.54) is 0 Å². The van der Waals surface area contributed by atoms with Crippen molar-refractivity contribution in [1.82, 2.24) is 10.1 Å². The summed E-state index contributed by atoms with van der Waals surface area (Å²) >= 11 is 0. The molecular formula is C14H17N3O2. The minimum absolute atomic E-state index is 0.371. The Kier molecular flexibility index (Phi) is 3.21. The SMILES string of the molecule is CCc1nc(CN2CCC(O)c3ccccc32)no1. The maximum Gasteiger partial charge on any atom is 0.226 e. The molecule has 1 N–H and O–H groups in total. The predicted molar refractivity (Wildman–Crippen MR) is 70.7 cm³/mol. The molecule has 0 amide bonds. The van der Waals surface area contributed by atoms with Crippen LogP contribution in [0, 0.1) is 0 Å². The Morgan fingerprint density at radius 2 is 2.26 bits per heavy atom. The summed E-state index contributed by atoms with van der Waals surface area (Å²) in [6, 6.07) is 7.94. The highest BCUT2D eigenvalue weighted by Gasteiger charge is 2.24. The molecule has 1 aromatic heterocycles. The molecule has 1 unspecified atom stereocenters. The Hall–Kier alpha value is -1.88. The molecule has 100 valence electrons. The second-order valence-electron chi connectivity index (χ2n) is 4.74. The summed E-state index contributed by atoms with van der Waals surface area (Å²) in [7, 11) is 0. The van der Waals surface area contributed by atoms with Gasteiger partial charge in [0.2, 0.25) is 5.89 Å². The van der Waals surface area contributed by atoms with E-state index in [-0.39, 0.29) is 6.10 Å². The summed E-state index contributed by atoms with van der Waals surface area (Å²) in [5, 5.41) is 14.0. The van der Waals surface area contributed by atoms with Gasteiger partial charge in [-0.15, -0.1) is 0 Å². The van der Waals surface area contributed by atoms with Crippen LogP contribution in [0.2, 0.25) is 0 Å². The standard InChI is InChI=1S/C14H17N3O2/c1-2-14-15-13(16-19-14)9-17-8-7-12(18)10-5-3-4-6-11(10)17/h3-6,12,18H,2,7-9H2,1H3. The zero-order chi connectivity index (χ0) is 13.2. The minimum Gasteiger partial charge on any atom is -0.388 e. The monoisotopic (exact) mass is 259 g/mol. The molecule has 1 aromatic carbocycles. The Morgan fingerprint density at radius 3 is 3.05 bits per heavy atom. The van der Waals surface area contributed by atoms with Gasteiger partial charge in [0.25, 0.3) is 0 Å². The Morgan fingerprint density at radius 1 is 1.42 bits per heavy atom. The lowest BCUT2D eigenvalue weighted by atomic mass is 9.99. The van der Waals surface area contributed by atoms with E-state index in [0.717, 1.165) is 30.6 Å². The van der Waals surface area contributed by atoms with Crippen LogP contribution in [-0.2, 0) is 13.0 Å². The van der Waals surface area contributed by atoms with Gasteiger partial charge in [-0.25, -0.2) is 0 Å². The van der Waals surface area contributed by atoms with Gasteiger partial charge in [0, 0.05) is 24.2 Å². The van der Waals surface area contributed by atoms with Gasteiger partial charge in [-0.3, -0.25) is 0 Å². The Labute approximate surface area is 111 Å². The van der Waals surface area contributed by atoms with E-state index in [0.29, 0.717) is 18.3 Å². The van der Waals surface area contributed by atoms with Crippen molar-refractivity contribution < 1.29 is 9.63 Å². The summed E-state index contributed by atoms with van der Waals surface area (Å²) in [6.45, 7) is 3.41. The van der Waals surface area contributed by atoms with E-state index in [1.807, 2.05) is 31.2 Å². The number of fused-ring (bicyclic) bond motifs is 1. The summed E-state index contributed by atoms with van der Waals surface area (Å²) in [4.78, 5) is 6.52. The first-order chi connectivity index (χ1) is 9.28. The molecule has 5 nitrogen and oxygen atoms in total. The van der Waals surface area contributed by atoms with Crippen molar-refractivity contribution in [1.29, 1.82) is 0 Å². The van der Waals surface area contributed by atoms with E-state index in [4.69, 9.17) is 4.52 Å². The highest BCUT2D eigenvalue weighted by atomic mass is 16.5. The van der Waals surface area contributed by atoms with Crippen LogP contribution >= 0.6 is 0 Å². The molecule has 19 heavy (non-hydrogen) atoms. The quantitative estimate of drug-likeness (QED) is 0.914. The smallest absolute Gasteiger partial charge is 0.226 e. The number of hydrogen-bond donors (Lipinski definition) is 1. The van der Waals surface area contributed by atoms with Gasteiger partial charge in [0.15, 0.2) is 5.82 Å². The molecule has 2 aromatic rings. The number of anilines is 1. The molecule has 0 bridgehead atoms. The van der Waals surface area contributed by atoms with Crippen LogP contribution < -0.4 is 4.90 Å². The molecule has 0 fully saturated rings. The highest BCUT2D eigenvalue weighted by Crippen LogP contribution is 2.33. The topological polar surface area (TPSA) is 62.4 Å². The van der Waals surface area contributed by atoms with Gasteiger partial charge in [0.05, 0.1) is 12.6 Å². The molecule has 0 saturated heterocycles. The minimum atomic E-state index is -0.371. The molecule has 5 heteroatoms. The van der Waals surface area contributed by atoms with E-state index in [9.17, 15) is 5.11 Å². The van der Waals surface area contributed by atoms with Crippen molar-refractivity contribution in [3.8, 4) is 0 Å². The van der Waals surface area contributed by atoms with Gasteiger partial charge >= 0.3 is 0 Å². The third-order valence-electron chi connectivity index (χ3n) is 3.45. The number of aromatic nitrogens is 2. The average molecular weight is 259 g/mol. The highest BCUT2D eigenvalue weighted by molar-refractivity contribution is 5.56. The molecule has 0 saturated carbocycles. The Balaban J connectivity index is 1.84. The first kappa shape index (κ1) is 12.2. The number of para-hydroxylation sites is 1. The van der Waals surface area contributed by atoms with Gasteiger partial charge in [0.1, 0.15) is 0 Å². The first-order valence-electron chi connectivity index (χ1n) is 6.61. The molecule has 0 aliphatic carbocycles. The van der Waals surface area contributed by atoms with Crippen molar-refractivity contribution in [2.75, 3.05) is 11.4 Å². The van der Waals surface area contributed by atoms with Crippen molar-refractivity contribution in [3.05, 3.63) is 41.5 Å². The van der Waals surface area contributed by atoms with Gasteiger partial charge in [-0.05, 0) is 12.5 Å². The first-order valence-corrected chi connectivity index (χ1v) is 6.61. The molecular weight excluding hydrogens is 242 g/mol. The van der Waals surface area contributed by atoms with Gasteiger partial charge < -0.3 is 14.5 Å². The lowest BCUT2D eigenvalue weighted by Gasteiger charge is -2.32. The molecule has 0 radical (unpaired) electrons. The zero-order valence-corrected chi connectivity index (χ0v) is 10.9. The normalized spacial score (nSPS) is 18.4. The van der Waals surface area contributed by atoms with Crippen molar-refractivity contribution in [2.24, 2.45) is 0 Å². The number of aryl methyl sites for hydroxylation is 1.